The summed E-state index contributed by atoms with van der Waals surface area (Å²) < 4.78 is 27.7. The summed E-state index contributed by atoms with van der Waals surface area (Å²) in [5.74, 6) is -0.591. The zero-order valence-corrected chi connectivity index (χ0v) is 18.3. The first-order chi connectivity index (χ1) is 15.5. The second kappa shape index (κ2) is 8.41. The standard InChI is InChI=1S/C25H24ClF2N3O/c26-21-4-3-18(15-22(21)28)30-24(32)25(9-1-10-25)31-12-7-16(8-13-31)19-6-11-29-23-5-2-17(27)14-20(19)23/h2-6,11,14-16H,1,7-10,12-13H2,(H,30,32). The van der Waals surface area contributed by atoms with Crippen LogP contribution in [0.4, 0.5) is 14.5 Å². The summed E-state index contributed by atoms with van der Waals surface area (Å²) in [7, 11) is 0. The third kappa shape index (κ3) is 3.76. The van der Waals surface area contributed by atoms with E-state index in [0.29, 0.717) is 11.6 Å². The molecule has 4 nitrogen and oxygen atoms in total. The van der Waals surface area contributed by atoms with Gasteiger partial charge in [-0.1, -0.05) is 11.6 Å². The highest BCUT2D eigenvalue weighted by Gasteiger charge is 2.49. The first-order valence-electron chi connectivity index (χ1n) is 11.0. The van der Waals surface area contributed by atoms with Gasteiger partial charge in [-0.15, -0.1) is 0 Å². The molecule has 2 fully saturated rings. The van der Waals surface area contributed by atoms with E-state index >= 15 is 0 Å². The fraction of sp³-hybridized carbons (Fsp3) is 0.360. The molecule has 0 spiro atoms. The highest BCUT2D eigenvalue weighted by molar-refractivity contribution is 6.30. The van der Waals surface area contributed by atoms with Crippen LogP contribution in [0.25, 0.3) is 10.9 Å². The highest BCUT2D eigenvalue weighted by atomic mass is 35.5. The number of nitrogens with zero attached hydrogens (tertiary/aromatic N) is 2. The molecule has 166 valence electrons. The second-order valence-corrected chi connectivity index (χ2v) is 9.20. The molecule has 32 heavy (non-hydrogen) atoms. The summed E-state index contributed by atoms with van der Waals surface area (Å²) in [6.45, 7) is 1.57. The number of rotatable bonds is 4. The molecule has 1 saturated carbocycles. The normalized spacial score (nSPS) is 19.0. The SMILES string of the molecule is O=C(Nc1ccc(Cl)c(F)c1)C1(N2CCC(c3ccnc4ccc(F)cc34)CC2)CCC1. The number of nitrogens with one attached hydrogen (secondary N) is 1. The zero-order valence-electron chi connectivity index (χ0n) is 17.6. The molecule has 1 aliphatic carbocycles. The first-order valence-corrected chi connectivity index (χ1v) is 11.4. The Hall–Kier alpha value is -2.57. The molecule has 1 amide bonds. The average molecular weight is 456 g/mol. The number of hydrogen-bond donors (Lipinski definition) is 1. The maximum Gasteiger partial charge on any atom is 0.244 e. The zero-order chi connectivity index (χ0) is 22.3. The van der Waals surface area contributed by atoms with E-state index in [1.54, 1.807) is 24.4 Å². The minimum Gasteiger partial charge on any atom is -0.324 e. The van der Waals surface area contributed by atoms with Gasteiger partial charge in [-0.05, 0) is 99.1 Å². The number of carbonyl (C=O) groups is 1. The van der Waals surface area contributed by atoms with E-state index in [-0.39, 0.29) is 16.7 Å². The Kier molecular flexibility index (Phi) is 5.59. The molecule has 2 heterocycles. The molecule has 1 N–H and O–H groups in total. The number of benzene rings is 2. The van der Waals surface area contributed by atoms with Crippen molar-refractivity contribution in [2.24, 2.45) is 0 Å². The lowest BCUT2D eigenvalue weighted by molar-refractivity contribution is -0.135. The van der Waals surface area contributed by atoms with Gasteiger partial charge in [0.15, 0.2) is 0 Å². The van der Waals surface area contributed by atoms with Crippen molar-refractivity contribution in [3.8, 4) is 0 Å². The molecule has 1 saturated heterocycles. The van der Waals surface area contributed by atoms with Gasteiger partial charge in [0, 0.05) is 17.3 Å². The monoisotopic (exact) mass is 455 g/mol. The summed E-state index contributed by atoms with van der Waals surface area (Å²) in [6.07, 6.45) is 6.15. The number of hydrogen-bond acceptors (Lipinski definition) is 3. The van der Waals surface area contributed by atoms with Crippen LogP contribution in [0.1, 0.15) is 43.6 Å². The van der Waals surface area contributed by atoms with Crippen LogP contribution in [-0.2, 0) is 4.79 Å². The summed E-state index contributed by atoms with van der Waals surface area (Å²) in [5, 5.41) is 3.80. The van der Waals surface area contributed by atoms with Crippen LogP contribution in [0.5, 0.6) is 0 Å². The average Bonchev–Trinajstić information content (AvgIpc) is 2.76. The van der Waals surface area contributed by atoms with Gasteiger partial charge in [-0.2, -0.15) is 0 Å². The molecule has 2 aromatic carbocycles. The van der Waals surface area contributed by atoms with Crippen molar-refractivity contribution in [2.75, 3.05) is 18.4 Å². The molecule has 0 unspecified atom stereocenters. The largest absolute Gasteiger partial charge is 0.324 e. The Labute approximate surface area is 190 Å². The van der Waals surface area contributed by atoms with E-state index in [2.05, 4.69) is 15.2 Å². The number of halogens is 3. The number of aromatic nitrogens is 1. The van der Waals surface area contributed by atoms with Gasteiger partial charge in [-0.25, -0.2) is 8.78 Å². The lowest BCUT2D eigenvalue weighted by Gasteiger charge is -2.51. The van der Waals surface area contributed by atoms with Crippen molar-refractivity contribution >= 4 is 34.1 Å². The van der Waals surface area contributed by atoms with Crippen molar-refractivity contribution in [2.45, 2.75) is 43.6 Å². The molecule has 0 atom stereocenters. The second-order valence-electron chi connectivity index (χ2n) is 8.79. The first kappa shape index (κ1) is 21.3. The lowest BCUT2D eigenvalue weighted by atomic mass is 9.72. The van der Waals surface area contributed by atoms with E-state index in [0.717, 1.165) is 61.7 Å². The van der Waals surface area contributed by atoms with Crippen molar-refractivity contribution in [1.29, 1.82) is 0 Å². The van der Waals surface area contributed by atoms with Crippen LogP contribution < -0.4 is 5.32 Å². The predicted octanol–water partition coefficient (Wildman–Crippen LogP) is 5.91. The number of likely N-dealkylation sites (tertiary alicyclic amines) is 1. The van der Waals surface area contributed by atoms with Crippen molar-refractivity contribution < 1.29 is 13.6 Å². The molecule has 2 aliphatic rings. The number of carbonyl (C=O) groups excluding carboxylic acids is 1. The number of piperidine rings is 1. The Morgan fingerprint density at radius 2 is 1.88 bits per heavy atom. The van der Waals surface area contributed by atoms with Gasteiger partial charge in [0.25, 0.3) is 0 Å². The van der Waals surface area contributed by atoms with Gasteiger partial charge in [0.05, 0.1) is 10.5 Å². The van der Waals surface area contributed by atoms with Crippen LogP contribution in [0, 0.1) is 11.6 Å². The molecular formula is C25H24ClF2N3O. The molecule has 1 aliphatic heterocycles. The minimum atomic E-state index is -0.548. The van der Waals surface area contributed by atoms with E-state index in [9.17, 15) is 13.6 Å². The van der Waals surface area contributed by atoms with E-state index in [1.807, 2.05) is 6.07 Å². The molecule has 0 bridgehead atoms. The Balaban J connectivity index is 1.31. The molecule has 0 radical (unpaired) electrons. The van der Waals surface area contributed by atoms with Crippen molar-refractivity contribution in [3.05, 3.63) is 70.9 Å². The molecule has 3 aromatic rings. The molecular weight excluding hydrogens is 432 g/mol. The van der Waals surface area contributed by atoms with Crippen LogP contribution >= 0.6 is 11.6 Å². The van der Waals surface area contributed by atoms with Crippen molar-refractivity contribution in [1.82, 2.24) is 9.88 Å². The smallest absolute Gasteiger partial charge is 0.244 e. The molecule has 1 aromatic heterocycles. The highest BCUT2D eigenvalue weighted by Crippen LogP contribution is 2.43. The fourth-order valence-electron chi connectivity index (χ4n) is 5.13. The number of pyridine rings is 1. The topological polar surface area (TPSA) is 45.2 Å². The van der Waals surface area contributed by atoms with Gasteiger partial charge in [-0.3, -0.25) is 14.7 Å². The molecule has 5 rings (SSSR count). The van der Waals surface area contributed by atoms with Gasteiger partial charge in [0.2, 0.25) is 5.91 Å². The third-order valence-corrected chi connectivity index (χ3v) is 7.36. The Bertz CT molecular complexity index is 1170. The number of amides is 1. The van der Waals surface area contributed by atoms with Crippen LogP contribution in [0.3, 0.4) is 0 Å². The summed E-state index contributed by atoms with van der Waals surface area (Å²) in [4.78, 5) is 19.9. The minimum absolute atomic E-state index is 0.0342. The van der Waals surface area contributed by atoms with E-state index in [1.165, 1.54) is 18.2 Å². The van der Waals surface area contributed by atoms with Crippen LogP contribution in [-0.4, -0.2) is 34.4 Å². The summed E-state index contributed by atoms with van der Waals surface area (Å²) in [6, 6.07) is 11.0. The van der Waals surface area contributed by atoms with E-state index in [4.69, 9.17) is 11.6 Å². The fourth-order valence-corrected chi connectivity index (χ4v) is 5.25. The lowest BCUT2D eigenvalue weighted by Crippen LogP contribution is -2.62. The van der Waals surface area contributed by atoms with Crippen LogP contribution in [0.15, 0.2) is 48.7 Å². The number of anilines is 1. The third-order valence-electron chi connectivity index (χ3n) is 7.06. The summed E-state index contributed by atoms with van der Waals surface area (Å²) in [5.41, 5.74) is 1.80. The number of fused-ring (bicyclic) bond motifs is 1. The summed E-state index contributed by atoms with van der Waals surface area (Å²) >= 11 is 5.76. The van der Waals surface area contributed by atoms with Gasteiger partial charge < -0.3 is 5.32 Å². The Morgan fingerprint density at radius 1 is 1.09 bits per heavy atom. The Morgan fingerprint density at radius 3 is 2.56 bits per heavy atom. The maximum atomic E-state index is 13.9. The van der Waals surface area contributed by atoms with Gasteiger partial charge >= 0.3 is 0 Å². The van der Waals surface area contributed by atoms with Crippen molar-refractivity contribution in [3.63, 3.8) is 0 Å². The quantitative estimate of drug-likeness (QED) is 0.532. The van der Waals surface area contributed by atoms with Gasteiger partial charge in [0.1, 0.15) is 17.2 Å². The van der Waals surface area contributed by atoms with E-state index < -0.39 is 11.4 Å². The molecule has 7 heteroatoms. The predicted molar refractivity (Wildman–Crippen MR) is 122 cm³/mol. The van der Waals surface area contributed by atoms with Crippen LogP contribution in [0.2, 0.25) is 5.02 Å². The maximum absolute atomic E-state index is 13.9.